The minimum Gasteiger partial charge on any atom is -0.383 e. The Morgan fingerprint density at radius 2 is 0.788 bits per heavy atom. The van der Waals surface area contributed by atoms with Crippen LogP contribution in [0.1, 0.15) is 70.1 Å². The van der Waals surface area contributed by atoms with Crippen LogP contribution >= 0.6 is 0 Å². The highest BCUT2D eigenvalue weighted by atomic mass is 15.4. The van der Waals surface area contributed by atoms with E-state index >= 15 is 0 Å². The van der Waals surface area contributed by atoms with E-state index < -0.39 is 0 Å². The van der Waals surface area contributed by atoms with Gasteiger partial charge in [-0.15, -0.1) is 0 Å². The molecule has 0 spiro atoms. The number of H-pyrrole nitrogens is 1. The first-order valence-corrected chi connectivity index (χ1v) is 39.9. The first-order chi connectivity index (χ1) is 58.1. The van der Waals surface area contributed by atoms with Gasteiger partial charge in [-0.05, 0) is 77.4 Å². The monoisotopic (exact) mass is 1580 g/mol. The molecule has 5 aliphatic heterocycles. The van der Waals surface area contributed by atoms with Gasteiger partial charge in [0.2, 0.25) is 65.4 Å². The summed E-state index contributed by atoms with van der Waals surface area (Å²) in [6, 6.07) is 39.6. The lowest BCUT2D eigenvalue weighted by Gasteiger charge is -2.34. The highest BCUT2D eigenvalue weighted by Gasteiger charge is 2.28. The molecule has 36 heteroatoms. The van der Waals surface area contributed by atoms with Crippen LogP contribution in [0.2, 0.25) is 0 Å². The Kier molecular flexibility index (Phi) is 25.2. The molecule has 6 aliphatic rings. The predicted octanol–water partition coefficient (Wildman–Crippen LogP) is 6.88. The van der Waals surface area contributed by atoms with Gasteiger partial charge in [-0.2, -0.15) is 35.0 Å². The number of benzene rings is 4. The molecule has 4 aromatic carbocycles. The van der Waals surface area contributed by atoms with Crippen molar-refractivity contribution in [2.24, 2.45) is 0 Å². The fourth-order valence-electron chi connectivity index (χ4n) is 14.0. The molecular weight excluding hydrogens is 1490 g/mol. The maximum Gasteiger partial charge on any atom is 0.232 e. The van der Waals surface area contributed by atoms with Crippen LogP contribution in [0.4, 0.5) is 88.4 Å². The van der Waals surface area contributed by atoms with E-state index in [1.165, 1.54) is 47.0 Å². The van der Waals surface area contributed by atoms with Gasteiger partial charge in [-0.3, -0.25) is 5.10 Å². The van der Waals surface area contributed by atoms with E-state index in [9.17, 15) is 0 Å². The van der Waals surface area contributed by atoms with E-state index in [1.807, 2.05) is 92.4 Å². The van der Waals surface area contributed by atoms with Crippen molar-refractivity contribution in [1.29, 1.82) is 0 Å². The molecule has 602 valence electrons. The quantitative estimate of drug-likeness (QED) is 0.0385. The Morgan fingerprint density at radius 3 is 1.25 bits per heavy atom. The van der Waals surface area contributed by atoms with Gasteiger partial charge < -0.3 is 71.9 Å². The lowest BCUT2D eigenvalue weighted by Crippen LogP contribution is -2.47. The SMILES string of the molecule is CCc1ncnc(N2CCN(c3ncc(Cc4ccccc4)c(N)n3)CC2)n1.Nc1nc(N2CCN(c3ncnc(NC4CC4)n3)CC2)ncc1Cc1ccccc1.c1ccc(Cc2cnc(N3CCN(c4ncnc(Nc5cn[nH]c5)n4)CC3)nc2)cc1.c1cnc(N2CCN(c3ncnc(Nc4ccc5c(c4)CNCC5)n3)CC2)nc1. The number of aromatic amines is 1. The van der Waals surface area contributed by atoms with E-state index in [2.05, 4.69) is 225 Å². The zero-order valence-corrected chi connectivity index (χ0v) is 65.8. The summed E-state index contributed by atoms with van der Waals surface area (Å²) >= 11 is 0. The Hall–Kier alpha value is -14.2. The van der Waals surface area contributed by atoms with Crippen molar-refractivity contribution in [3.05, 3.63) is 240 Å². The maximum atomic E-state index is 6.23. The molecule has 0 unspecified atom stereocenters. The molecule has 5 fully saturated rings. The summed E-state index contributed by atoms with van der Waals surface area (Å²) in [6.45, 7) is 16.8. The molecule has 1 aliphatic carbocycles. The normalized spacial score (nSPS) is 15.3. The maximum absolute atomic E-state index is 6.23. The van der Waals surface area contributed by atoms with Crippen LogP contribution in [0.5, 0.6) is 0 Å². The van der Waals surface area contributed by atoms with Gasteiger partial charge in [0.15, 0.2) is 0 Å². The minimum absolute atomic E-state index is 0.492. The van der Waals surface area contributed by atoms with Crippen molar-refractivity contribution in [2.75, 3.05) is 178 Å². The molecular formula is C82H94N36. The van der Waals surface area contributed by atoms with Crippen molar-refractivity contribution < 1.29 is 0 Å². The van der Waals surface area contributed by atoms with E-state index in [0.29, 0.717) is 65.3 Å². The summed E-state index contributed by atoms with van der Waals surface area (Å²) in [5, 5.41) is 19.8. The van der Waals surface area contributed by atoms with Crippen LogP contribution in [-0.2, 0) is 38.6 Å². The second kappa shape index (κ2) is 38.3. The number of hydrogen-bond acceptors (Lipinski definition) is 35. The van der Waals surface area contributed by atoms with Gasteiger partial charge >= 0.3 is 0 Å². The minimum atomic E-state index is 0.492. The largest absolute Gasteiger partial charge is 0.383 e. The van der Waals surface area contributed by atoms with Crippen LogP contribution in [0.3, 0.4) is 0 Å². The molecule has 14 heterocycles. The molecule has 13 aromatic rings. The van der Waals surface area contributed by atoms with Gasteiger partial charge in [0.05, 0.1) is 11.9 Å². The zero-order valence-electron chi connectivity index (χ0n) is 65.8. The lowest BCUT2D eigenvalue weighted by atomic mass is 10.0. The molecule has 1 saturated carbocycles. The van der Waals surface area contributed by atoms with E-state index in [4.69, 9.17) is 11.5 Å². The van der Waals surface area contributed by atoms with Crippen LogP contribution in [0.15, 0.2) is 190 Å². The van der Waals surface area contributed by atoms with Crippen LogP contribution in [0.25, 0.3) is 0 Å². The number of piperazine rings is 4. The number of hydrogen-bond donors (Lipinski definition) is 7. The van der Waals surface area contributed by atoms with E-state index in [-0.39, 0.29) is 0 Å². The fraction of sp³-hybridized carbons (Fsp3) is 0.329. The Bertz CT molecular complexity index is 5300. The number of aryl methyl sites for hydroxylation is 1. The molecule has 9 N–H and O–H groups in total. The highest BCUT2D eigenvalue weighted by molar-refractivity contribution is 5.58. The predicted molar refractivity (Wildman–Crippen MR) is 455 cm³/mol. The topological polar surface area (TPSA) is 413 Å². The zero-order chi connectivity index (χ0) is 80.0. The number of rotatable bonds is 21. The molecule has 0 bridgehead atoms. The third-order valence-electron chi connectivity index (χ3n) is 20.7. The van der Waals surface area contributed by atoms with Gasteiger partial charge in [-0.1, -0.05) is 104 Å². The third kappa shape index (κ3) is 21.0. The number of nitrogens with two attached hydrogens (primary N) is 2. The summed E-state index contributed by atoms with van der Waals surface area (Å²) in [5.41, 5.74) is 23.6. The van der Waals surface area contributed by atoms with Crippen molar-refractivity contribution in [1.82, 2.24) is 115 Å². The smallest absolute Gasteiger partial charge is 0.232 e. The standard InChI is InChI=1S/C21H22N10.C21H25N9.C20H23N9.C20H24N8/c1-2-4-16(5-3-1)10-17-11-22-20(23-12-17)30-6-8-31(9-7-30)21-25-15-24-19(29-21)28-18-13-26-27-14-18;22-18-16(12-15-4-2-1-3-5-15)13-23-20(27-18)29-8-10-30(11-9-29)21-25-14-24-19(28-21)26-17-6-7-17;1-5-22-19(23-6-1)28-8-10-29(11-9-28)20-25-14-24-18(27-20)26-17-3-2-15-4-7-21-13-16(15)12-17;1-2-17-23-14-24-20(25-17)28-10-8-27(9-11-28)19-22-13-16(18(21)26-19)12-15-6-4-3-5-7-15/h1-5,11-15H,6-10H2,(H,26,27)(H,24,25,28,29);1-5,13-14,17H,6-12H2,(H2,22,23,27)(H,24,25,26,28);1-3,5-6,12,14,21H,4,7-11,13H2,(H,24,25,26,27);3-7,13-14H,2,8-12H2,1H3,(H2,21,22,26). The Morgan fingerprint density at radius 1 is 0.373 bits per heavy atom. The fourth-order valence-corrected chi connectivity index (χ4v) is 14.0. The molecule has 36 nitrogen and oxygen atoms in total. The van der Waals surface area contributed by atoms with E-state index in [1.54, 1.807) is 43.8 Å². The van der Waals surface area contributed by atoms with Crippen LogP contribution < -0.4 is 71.9 Å². The average molecular weight is 1580 g/mol. The molecule has 0 atom stereocenters. The van der Waals surface area contributed by atoms with Gasteiger partial charge in [0, 0.05) is 203 Å². The second-order valence-corrected chi connectivity index (χ2v) is 28.9. The van der Waals surface area contributed by atoms with Crippen LogP contribution in [0, 0.1) is 0 Å². The summed E-state index contributed by atoms with van der Waals surface area (Å²) in [6.07, 6.45) is 27.3. The van der Waals surface area contributed by atoms with Gasteiger partial charge in [0.25, 0.3) is 0 Å². The van der Waals surface area contributed by atoms with Crippen molar-refractivity contribution in [2.45, 2.75) is 64.5 Å². The first-order valence-electron chi connectivity index (χ1n) is 39.9. The molecule has 19 rings (SSSR count). The molecule has 0 amide bonds. The third-order valence-corrected chi connectivity index (χ3v) is 20.7. The van der Waals surface area contributed by atoms with Crippen LogP contribution in [-0.4, -0.2) is 227 Å². The summed E-state index contributed by atoms with van der Waals surface area (Å²) in [5.74, 6) is 9.30. The average Bonchev–Trinajstić information content (AvgIpc) is 1.39. The molecule has 9 aromatic heterocycles. The Balaban J connectivity index is 0.000000118. The first kappa shape index (κ1) is 77.7. The van der Waals surface area contributed by atoms with Crippen molar-refractivity contribution in [3.8, 4) is 0 Å². The molecule has 4 saturated heterocycles. The highest BCUT2D eigenvalue weighted by Crippen LogP contribution is 2.28. The Labute approximate surface area is 683 Å². The number of nitrogens with zero attached hydrogens (tertiary/aromatic N) is 29. The number of nitrogens with one attached hydrogen (secondary N) is 5. The number of aromatic nitrogens is 22. The molecule has 118 heavy (non-hydrogen) atoms. The summed E-state index contributed by atoms with van der Waals surface area (Å²) < 4.78 is 0. The second-order valence-electron chi connectivity index (χ2n) is 28.9. The number of fused-ring (bicyclic) bond motifs is 1. The van der Waals surface area contributed by atoms with Crippen molar-refractivity contribution >= 4 is 88.4 Å². The van der Waals surface area contributed by atoms with Crippen molar-refractivity contribution in [3.63, 3.8) is 0 Å². The summed E-state index contributed by atoms with van der Waals surface area (Å²) in [4.78, 5) is 106. The summed E-state index contributed by atoms with van der Waals surface area (Å²) in [7, 11) is 0. The van der Waals surface area contributed by atoms with Gasteiger partial charge in [-0.25, -0.2) is 69.8 Å². The lowest BCUT2D eigenvalue weighted by molar-refractivity contribution is 0.624. The van der Waals surface area contributed by atoms with Gasteiger partial charge in [0.1, 0.15) is 42.8 Å². The van der Waals surface area contributed by atoms with E-state index in [0.717, 1.165) is 202 Å². The number of nitrogen functional groups attached to an aromatic ring is 2. The number of anilines is 15. The molecule has 0 radical (unpaired) electrons.